The Morgan fingerprint density at radius 3 is 1.46 bits per heavy atom. The highest BCUT2D eigenvalue weighted by Gasteiger charge is 2.49. The van der Waals surface area contributed by atoms with Crippen molar-refractivity contribution in [1.29, 1.82) is 0 Å². The minimum absolute atomic E-state index is 0.0236. The monoisotopic (exact) mass is 352 g/mol. The second-order valence-corrected chi connectivity index (χ2v) is 2.75. The van der Waals surface area contributed by atoms with E-state index in [4.69, 9.17) is 0 Å². The third-order valence-electron chi connectivity index (χ3n) is 1.44. The summed E-state index contributed by atoms with van der Waals surface area (Å²) in [7, 11) is 0. The molecule has 0 atom stereocenters. The van der Waals surface area contributed by atoms with Crippen LogP contribution in [0, 0.1) is 0 Å². The molecule has 0 aromatic heterocycles. The lowest BCUT2D eigenvalue weighted by atomic mass is 10.6. The minimum atomic E-state index is -2.21. The summed E-state index contributed by atoms with van der Waals surface area (Å²) in [6, 6.07) is 0. The van der Waals surface area contributed by atoms with E-state index in [1.165, 1.54) is 6.92 Å². The third kappa shape index (κ3) is 12.4. The molecule has 1 rings (SSSR count). The van der Waals surface area contributed by atoms with E-state index in [-0.39, 0.29) is 6.61 Å². The lowest BCUT2D eigenvalue weighted by Crippen LogP contribution is -2.36. The van der Waals surface area contributed by atoms with Crippen LogP contribution in [0.5, 0.6) is 0 Å². The third-order valence-corrected chi connectivity index (χ3v) is 1.44. The van der Waals surface area contributed by atoms with Gasteiger partial charge < -0.3 is 18.9 Å². The second kappa shape index (κ2) is 18.9. The number of carbonyl (C=O) groups excluding carboxylic acids is 4. The van der Waals surface area contributed by atoms with Crippen molar-refractivity contribution in [2.75, 3.05) is 6.61 Å². The molecule has 8 heteroatoms. The van der Waals surface area contributed by atoms with Crippen LogP contribution in [0.4, 0.5) is 0 Å². The number of carbonyl (C=O) groups is 4. The Morgan fingerprint density at radius 2 is 1.17 bits per heavy atom. The second-order valence-electron chi connectivity index (χ2n) is 2.75. The van der Waals surface area contributed by atoms with Gasteiger partial charge in [-0.2, -0.15) is 0 Å². The molecule has 1 aliphatic rings. The van der Waals surface area contributed by atoms with Crippen LogP contribution in [0.3, 0.4) is 0 Å². The topological polar surface area (TPSA) is 105 Å². The summed E-state index contributed by atoms with van der Waals surface area (Å²) < 4.78 is 17.3. The van der Waals surface area contributed by atoms with Gasteiger partial charge in [-0.05, 0) is 6.92 Å². The molecule has 0 radical (unpaired) electrons. The lowest BCUT2D eigenvalue weighted by Gasteiger charge is -2.18. The average Bonchev–Trinajstić information content (AvgIpc) is 2.87. The van der Waals surface area contributed by atoms with Crippen molar-refractivity contribution in [3.8, 4) is 0 Å². The van der Waals surface area contributed by atoms with E-state index in [2.05, 4.69) is 18.9 Å². The minimum Gasteiger partial charge on any atom is -0.458 e. The first-order chi connectivity index (χ1) is 11.4. The molecule has 0 aromatic rings. The number of rotatable bonds is 2. The largest absolute Gasteiger partial charge is 0.458 e. The number of ether oxygens (including phenoxy) is 4. The summed E-state index contributed by atoms with van der Waals surface area (Å²) in [5.41, 5.74) is 0. The van der Waals surface area contributed by atoms with Crippen LogP contribution in [-0.2, 0) is 38.1 Å². The first-order valence-electron chi connectivity index (χ1n) is 8.24. The summed E-state index contributed by atoms with van der Waals surface area (Å²) in [5, 5.41) is 0. The SMILES string of the molecule is CC.CC.CC.CC.CCOC(=O)C(=O)OC1(C)OC(=O)C(=O)O1. The van der Waals surface area contributed by atoms with Crippen LogP contribution in [0.15, 0.2) is 0 Å². The van der Waals surface area contributed by atoms with Crippen molar-refractivity contribution < 1.29 is 38.1 Å². The van der Waals surface area contributed by atoms with E-state index in [0.29, 0.717) is 0 Å². The van der Waals surface area contributed by atoms with Crippen LogP contribution in [0.1, 0.15) is 69.2 Å². The molecule has 0 N–H and O–H groups in total. The summed E-state index contributed by atoms with van der Waals surface area (Å²) in [6.07, 6.45) is 0. The van der Waals surface area contributed by atoms with Gasteiger partial charge >= 0.3 is 29.9 Å². The van der Waals surface area contributed by atoms with Gasteiger partial charge in [-0.1, -0.05) is 55.4 Å². The van der Waals surface area contributed by atoms with Crippen molar-refractivity contribution in [2.24, 2.45) is 0 Å². The Balaban J connectivity index is -0.000000218. The first kappa shape index (κ1) is 29.8. The van der Waals surface area contributed by atoms with Gasteiger partial charge in [0.2, 0.25) is 0 Å². The summed E-state index contributed by atoms with van der Waals surface area (Å²) in [5.74, 6) is -7.52. The van der Waals surface area contributed by atoms with E-state index in [1.807, 2.05) is 55.4 Å². The summed E-state index contributed by atoms with van der Waals surface area (Å²) in [4.78, 5) is 43.2. The quantitative estimate of drug-likeness (QED) is 0.551. The number of esters is 4. The van der Waals surface area contributed by atoms with Crippen molar-refractivity contribution in [3.63, 3.8) is 0 Å². The molecule has 144 valence electrons. The lowest BCUT2D eigenvalue weighted by molar-refractivity contribution is -0.290. The zero-order valence-electron chi connectivity index (χ0n) is 16.5. The van der Waals surface area contributed by atoms with Gasteiger partial charge in [-0.25, -0.2) is 19.2 Å². The summed E-state index contributed by atoms with van der Waals surface area (Å²) >= 11 is 0. The number of hydrogen-bond donors (Lipinski definition) is 0. The first-order valence-corrected chi connectivity index (χ1v) is 8.24. The maximum absolute atomic E-state index is 11.0. The average molecular weight is 352 g/mol. The molecule has 1 heterocycles. The van der Waals surface area contributed by atoms with Crippen LogP contribution in [0.25, 0.3) is 0 Å². The van der Waals surface area contributed by atoms with Crippen LogP contribution >= 0.6 is 0 Å². The number of cyclic esters (lactones) is 2. The molecule has 1 aliphatic heterocycles. The molecule has 1 fully saturated rings. The van der Waals surface area contributed by atoms with Gasteiger partial charge in [0, 0.05) is 0 Å². The molecule has 1 saturated heterocycles. The van der Waals surface area contributed by atoms with Gasteiger partial charge in [0.25, 0.3) is 0 Å². The fourth-order valence-corrected chi connectivity index (χ4v) is 0.883. The van der Waals surface area contributed by atoms with E-state index in [0.717, 1.165) is 6.92 Å². The molecular formula is C16H32O8. The predicted molar refractivity (Wildman–Crippen MR) is 88.7 cm³/mol. The Bertz CT molecular complexity index is 347. The van der Waals surface area contributed by atoms with Crippen LogP contribution in [-0.4, -0.2) is 36.5 Å². The van der Waals surface area contributed by atoms with Crippen LogP contribution in [0.2, 0.25) is 0 Å². The van der Waals surface area contributed by atoms with Crippen molar-refractivity contribution >= 4 is 23.9 Å². The van der Waals surface area contributed by atoms with Crippen molar-refractivity contribution in [1.82, 2.24) is 0 Å². The fourth-order valence-electron chi connectivity index (χ4n) is 0.883. The van der Waals surface area contributed by atoms with Gasteiger partial charge in [0.05, 0.1) is 13.5 Å². The van der Waals surface area contributed by atoms with Crippen LogP contribution < -0.4 is 0 Å². The Labute approximate surface area is 144 Å². The Hall–Kier alpha value is -2.12. The molecule has 0 unspecified atom stereocenters. The van der Waals surface area contributed by atoms with Crippen molar-refractivity contribution in [3.05, 3.63) is 0 Å². The Morgan fingerprint density at radius 1 is 0.833 bits per heavy atom. The predicted octanol–water partition coefficient (Wildman–Crippen LogP) is 2.97. The molecule has 0 saturated carbocycles. The van der Waals surface area contributed by atoms with E-state index in [9.17, 15) is 19.2 Å². The highest BCUT2D eigenvalue weighted by atomic mass is 16.9. The zero-order chi connectivity index (χ0) is 20.3. The van der Waals surface area contributed by atoms with Gasteiger partial charge in [0.15, 0.2) is 0 Å². The fraction of sp³-hybridized carbons (Fsp3) is 0.750. The highest BCUT2D eigenvalue weighted by Crippen LogP contribution is 2.22. The van der Waals surface area contributed by atoms with Gasteiger partial charge in [-0.15, -0.1) is 0 Å². The van der Waals surface area contributed by atoms with E-state index in [1.54, 1.807) is 0 Å². The maximum atomic E-state index is 11.0. The normalized spacial score (nSPS) is 12.6. The summed E-state index contributed by atoms with van der Waals surface area (Å²) in [6.45, 7) is 18.5. The molecule has 0 aromatic carbocycles. The molecule has 0 aliphatic carbocycles. The molecule has 0 spiro atoms. The molecule has 0 bridgehead atoms. The molecule has 8 nitrogen and oxygen atoms in total. The standard InChI is InChI=1S/C8H8O8.4C2H6/c1-3-13-4(9)5(10)14-8(2)15-6(11)7(12)16-8;4*1-2/h3H2,1-2H3;4*1-2H3. The molecular weight excluding hydrogens is 320 g/mol. The maximum Gasteiger partial charge on any atom is 0.423 e. The van der Waals surface area contributed by atoms with E-state index < -0.39 is 29.9 Å². The Kier molecular flexibility index (Phi) is 23.5. The zero-order valence-corrected chi connectivity index (χ0v) is 16.5. The molecule has 24 heavy (non-hydrogen) atoms. The smallest absolute Gasteiger partial charge is 0.423 e. The van der Waals surface area contributed by atoms with Crippen molar-refractivity contribution in [2.45, 2.75) is 75.2 Å². The van der Waals surface area contributed by atoms with Gasteiger partial charge in [0.1, 0.15) is 0 Å². The molecule has 0 amide bonds. The van der Waals surface area contributed by atoms with E-state index >= 15 is 0 Å². The highest BCUT2D eigenvalue weighted by molar-refractivity contribution is 6.32. The number of hydrogen-bond acceptors (Lipinski definition) is 8. The van der Waals surface area contributed by atoms with Gasteiger partial charge in [-0.3, -0.25) is 0 Å².